The van der Waals surface area contributed by atoms with Crippen LogP contribution in [0.3, 0.4) is 0 Å². The number of likely N-dealkylation sites (tertiary alicyclic amines) is 1. The molecule has 0 aliphatic carbocycles. The lowest BCUT2D eigenvalue weighted by Crippen LogP contribution is -2.40. The molecule has 0 saturated carbocycles. The first-order chi connectivity index (χ1) is 12.1. The second-order valence-electron chi connectivity index (χ2n) is 6.48. The van der Waals surface area contributed by atoms with Crippen LogP contribution in [0.2, 0.25) is 0 Å². The van der Waals surface area contributed by atoms with Crippen LogP contribution < -0.4 is 0 Å². The number of carbonyl (C=O) groups is 2. The number of hydrogen-bond donors (Lipinski definition) is 0. The maximum absolute atomic E-state index is 12.4. The second-order valence-corrected chi connectivity index (χ2v) is 6.48. The largest absolute Gasteiger partial charge is 0.450 e. The van der Waals surface area contributed by atoms with E-state index in [1.165, 1.54) is 0 Å². The molecule has 0 bridgehead atoms. The van der Waals surface area contributed by atoms with E-state index < -0.39 is 5.97 Å². The number of rotatable bonds is 5. The van der Waals surface area contributed by atoms with Gasteiger partial charge in [0, 0.05) is 31.1 Å². The molecule has 0 N–H and O–H groups in total. The Balaban J connectivity index is 1.68. The normalized spacial score (nSPS) is 15.5. The Hall–Kier alpha value is -2.34. The third-order valence-electron chi connectivity index (χ3n) is 4.64. The molecule has 0 atom stereocenters. The summed E-state index contributed by atoms with van der Waals surface area (Å²) in [7, 11) is 1.55. The number of ether oxygens (including phenoxy) is 2. The topological polar surface area (TPSA) is 69.0 Å². The minimum atomic E-state index is -0.637. The minimum Gasteiger partial charge on any atom is -0.450 e. The van der Waals surface area contributed by atoms with Gasteiger partial charge in [0.25, 0.3) is 5.91 Å². The van der Waals surface area contributed by atoms with Gasteiger partial charge >= 0.3 is 5.97 Å². The van der Waals surface area contributed by atoms with Gasteiger partial charge in [0.05, 0.1) is 6.61 Å². The predicted molar refractivity (Wildman–Crippen MR) is 92.2 cm³/mol. The SMILES string of the molecule is COCc1c(C(=O)OCC(=O)N2CCC(C)CC2)oc2ccccc12. The molecule has 1 aromatic heterocycles. The highest BCUT2D eigenvalue weighted by Gasteiger charge is 2.25. The molecule has 1 aromatic carbocycles. The van der Waals surface area contributed by atoms with Crippen molar-refractivity contribution in [2.24, 2.45) is 5.92 Å². The molecule has 6 heteroatoms. The molecule has 2 heterocycles. The van der Waals surface area contributed by atoms with Gasteiger partial charge in [-0.05, 0) is 24.8 Å². The zero-order valence-corrected chi connectivity index (χ0v) is 14.6. The van der Waals surface area contributed by atoms with Crippen LogP contribution in [-0.4, -0.2) is 43.6 Å². The Bertz CT molecular complexity index is 758. The van der Waals surface area contributed by atoms with Gasteiger partial charge in [-0.3, -0.25) is 4.79 Å². The first-order valence-corrected chi connectivity index (χ1v) is 8.54. The van der Waals surface area contributed by atoms with E-state index in [2.05, 4.69) is 6.92 Å². The molecule has 1 saturated heterocycles. The van der Waals surface area contributed by atoms with Crippen LogP contribution in [0.5, 0.6) is 0 Å². The molecule has 1 aliphatic heterocycles. The zero-order chi connectivity index (χ0) is 17.8. The van der Waals surface area contributed by atoms with Gasteiger partial charge in [-0.2, -0.15) is 0 Å². The van der Waals surface area contributed by atoms with Gasteiger partial charge in [-0.15, -0.1) is 0 Å². The van der Waals surface area contributed by atoms with E-state index in [0.29, 0.717) is 17.1 Å². The summed E-state index contributed by atoms with van der Waals surface area (Å²) in [5.41, 5.74) is 1.24. The number of benzene rings is 1. The summed E-state index contributed by atoms with van der Waals surface area (Å²) in [5, 5.41) is 0.813. The summed E-state index contributed by atoms with van der Waals surface area (Å²) in [4.78, 5) is 26.4. The lowest BCUT2D eigenvalue weighted by Gasteiger charge is -2.30. The first kappa shape index (κ1) is 17.5. The van der Waals surface area contributed by atoms with Crippen LogP contribution in [0.15, 0.2) is 28.7 Å². The van der Waals surface area contributed by atoms with Crippen molar-refractivity contribution in [2.75, 3.05) is 26.8 Å². The number of carbonyl (C=O) groups excluding carboxylic acids is 2. The fourth-order valence-electron chi connectivity index (χ4n) is 3.09. The van der Waals surface area contributed by atoms with Crippen molar-refractivity contribution in [1.82, 2.24) is 4.90 Å². The number of hydrogen-bond acceptors (Lipinski definition) is 5. The number of amides is 1. The van der Waals surface area contributed by atoms with E-state index in [0.717, 1.165) is 31.3 Å². The van der Waals surface area contributed by atoms with Gasteiger partial charge in [-0.1, -0.05) is 25.1 Å². The third-order valence-corrected chi connectivity index (χ3v) is 4.64. The van der Waals surface area contributed by atoms with Crippen molar-refractivity contribution in [3.05, 3.63) is 35.6 Å². The van der Waals surface area contributed by atoms with Gasteiger partial charge in [-0.25, -0.2) is 4.79 Å². The fourth-order valence-corrected chi connectivity index (χ4v) is 3.09. The number of methoxy groups -OCH3 is 1. The van der Waals surface area contributed by atoms with Crippen LogP contribution in [0, 0.1) is 5.92 Å². The van der Waals surface area contributed by atoms with Crippen molar-refractivity contribution in [3.8, 4) is 0 Å². The molecule has 3 rings (SSSR count). The zero-order valence-electron chi connectivity index (χ0n) is 14.6. The van der Waals surface area contributed by atoms with Crippen molar-refractivity contribution in [2.45, 2.75) is 26.4 Å². The average molecular weight is 345 g/mol. The second kappa shape index (κ2) is 7.70. The molecule has 0 unspecified atom stereocenters. The van der Waals surface area contributed by atoms with Crippen molar-refractivity contribution in [3.63, 3.8) is 0 Å². The molecule has 1 amide bonds. The molecular formula is C19H23NO5. The Morgan fingerprint density at radius 3 is 2.68 bits per heavy atom. The number of furan rings is 1. The Morgan fingerprint density at radius 2 is 1.96 bits per heavy atom. The standard InChI is InChI=1S/C19H23NO5/c1-13-7-9-20(10-8-13)17(21)12-24-19(22)18-15(11-23-2)14-5-3-4-6-16(14)25-18/h3-6,13H,7-12H2,1-2H3. The van der Waals surface area contributed by atoms with Crippen LogP contribution >= 0.6 is 0 Å². The number of fused-ring (bicyclic) bond motifs is 1. The van der Waals surface area contributed by atoms with E-state index >= 15 is 0 Å². The van der Waals surface area contributed by atoms with Crippen LogP contribution in [0.25, 0.3) is 11.0 Å². The van der Waals surface area contributed by atoms with Gasteiger partial charge in [0.15, 0.2) is 6.61 Å². The van der Waals surface area contributed by atoms with Crippen molar-refractivity contribution < 1.29 is 23.5 Å². The average Bonchev–Trinajstić information content (AvgIpc) is 2.99. The summed E-state index contributed by atoms with van der Waals surface area (Å²) in [6.45, 7) is 3.59. The van der Waals surface area contributed by atoms with E-state index in [4.69, 9.17) is 13.9 Å². The van der Waals surface area contributed by atoms with E-state index in [1.807, 2.05) is 18.2 Å². The lowest BCUT2D eigenvalue weighted by atomic mass is 9.99. The summed E-state index contributed by atoms with van der Waals surface area (Å²) in [6.07, 6.45) is 1.97. The van der Waals surface area contributed by atoms with Gasteiger partial charge in [0.1, 0.15) is 5.58 Å². The third kappa shape index (κ3) is 3.85. The summed E-state index contributed by atoms with van der Waals surface area (Å²) in [5.74, 6) is -0.0616. The first-order valence-electron chi connectivity index (χ1n) is 8.54. The molecule has 25 heavy (non-hydrogen) atoms. The molecule has 0 spiro atoms. The lowest BCUT2D eigenvalue weighted by molar-refractivity contribution is -0.135. The quantitative estimate of drug-likeness (QED) is 0.779. The molecule has 134 valence electrons. The highest BCUT2D eigenvalue weighted by molar-refractivity contribution is 5.96. The molecule has 2 aromatic rings. The molecule has 1 aliphatic rings. The van der Waals surface area contributed by atoms with Gasteiger partial charge in [0.2, 0.25) is 5.76 Å². The number of para-hydroxylation sites is 1. The monoisotopic (exact) mass is 345 g/mol. The van der Waals surface area contributed by atoms with E-state index in [1.54, 1.807) is 18.1 Å². The summed E-state index contributed by atoms with van der Waals surface area (Å²) < 4.78 is 16.0. The Labute approximate surface area is 146 Å². The number of esters is 1. The Kier molecular flexibility index (Phi) is 5.38. The fraction of sp³-hybridized carbons (Fsp3) is 0.474. The Morgan fingerprint density at radius 1 is 1.24 bits per heavy atom. The molecule has 1 fully saturated rings. The maximum Gasteiger partial charge on any atom is 0.375 e. The van der Waals surface area contributed by atoms with Gasteiger partial charge < -0.3 is 18.8 Å². The summed E-state index contributed by atoms with van der Waals surface area (Å²) in [6, 6.07) is 7.35. The molecule has 0 radical (unpaired) electrons. The highest BCUT2D eigenvalue weighted by atomic mass is 16.5. The van der Waals surface area contributed by atoms with Crippen LogP contribution in [0.1, 0.15) is 35.9 Å². The summed E-state index contributed by atoms with van der Waals surface area (Å²) >= 11 is 0. The smallest absolute Gasteiger partial charge is 0.375 e. The predicted octanol–water partition coefficient (Wildman–Crippen LogP) is 2.99. The number of piperidine rings is 1. The molecule has 6 nitrogen and oxygen atoms in total. The van der Waals surface area contributed by atoms with Crippen LogP contribution in [0.4, 0.5) is 0 Å². The van der Waals surface area contributed by atoms with Crippen molar-refractivity contribution >= 4 is 22.8 Å². The van der Waals surface area contributed by atoms with Crippen molar-refractivity contribution in [1.29, 1.82) is 0 Å². The van der Waals surface area contributed by atoms with E-state index in [-0.39, 0.29) is 24.9 Å². The maximum atomic E-state index is 12.4. The van der Waals surface area contributed by atoms with E-state index in [9.17, 15) is 9.59 Å². The minimum absolute atomic E-state index is 0.100. The number of nitrogens with zero attached hydrogens (tertiary/aromatic N) is 1. The van der Waals surface area contributed by atoms with Crippen LogP contribution in [-0.2, 0) is 20.9 Å². The highest BCUT2D eigenvalue weighted by Crippen LogP contribution is 2.27. The molecular weight excluding hydrogens is 322 g/mol.